The van der Waals surface area contributed by atoms with E-state index in [0.717, 1.165) is 29.2 Å². The maximum atomic E-state index is 12.0. The smallest absolute Gasteiger partial charge is 0.226 e. The third kappa shape index (κ3) is 2.93. The van der Waals surface area contributed by atoms with Crippen molar-refractivity contribution in [2.45, 2.75) is 36.1 Å². The first kappa shape index (κ1) is 13.4. The van der Waals surface area contributed by atoms with Crippen molar-refractivity contribution in [3.8, 4) is 5.75 Å². The molecule has 1 heterocycles. The van der Waals surface area contributed by atoms with E-state index in [1.165, 1.54) is 12.0 Å². The standard InChI is InChI=1S/C15H18N2O2S/c1-19-11-6-7-12-13(9-11)20-15(16-12)17-14(18)8-10-4-2-3-5-10/h4,6-7,9,15-16H,2-3,5,8H2,1H3,(H,17,18)/t15-/m0/s1. The maximum absolute atomic E-state index is 12.0. The lowest BCUT2D eigenvalue weighted by Crippen LogP contribution is -2.35. The topological polar surface area (TPSA) is 50.4 Å². The molecule has 5 heteroatoms. The number of carbonyl (C=O) groups is 1. The molecule has 106 valence electrons. The van der Waals surface area contributed by atoms with Crippen LogP contribution in [0.3, 0.4) is 0 Å². The van der Waals surface area contributed by atoms with E-state index in [2.05, 4.69) is 16.7 Å². The fraction of sp³-hybridized carbons (Fsp3) is 0.400. The van der Waals surface area contributed by atoms with Crippen molar-refractivity contribution < 1.29 is 9.53 Å². The van der Waals surface area contributed by atoms with Crippen molar-refractivity contribution in [1.29, 1.82) is 0 Å². The first-order chi connectivity index (χ1) is 9.74. The Bertz CT molecular complexity index is 557. The van der Waals surface area contributed by atoms with Gasteiger partial charge in [0.25, 0.3) is 0 Å². The highest BCUT2D eigenvalue weighted by molar-refractivity contribution is 8.00. The molecule has 20 heavy (non-hydrogen) atoms. The number of fused-ring (bicyclic) bond motifs is 1. The molecule has 1 aromatic carbocycles. The van der Waals surface area contributed by atoms with Crippen LogP contribution in [0.4, 0.5) is 5.69 Å². The molecule has 0 spiro atoms. The van der Waals surface area contributed by atoms with Crippen LogP contribution in [0.2, 0.25) is 0 Å². The Hall–Kier alpha value is -1.62. The van der Waals surface area contributed by atoms with Crippen LogP contribution < -0.4 is 15.4 Å². The number of anilines is 1. The fourth-order valence-corrected chi connectivity index (χ4v) is 3.58. The Morgan fingerprint density at radius 2 is 2.45 bits per heavy atom. The molecule has 3 rings (SSSR count). The highest BCUT2D eigenvalue weighted by Crippen LogP contribution is 2.39. The summed E-state index contributed by atoms with van der Waals surface area (Å²) >= 11 is 1.61. The van der Waals surface area contributed by atoms with E-state index in [9.17, 15) is 4.79 Å². The van der Waals surface area contributed by atoms with Gasteiger partial charge in [0.2, 0.25) is 5.91 Å². The molecule has 0 saturated heterocycles. The quantitative estimate of drug-likeness (QED) is 0.837. The Morgan fingerprint density at radius 3 is 3.20 bits per heavy atom. The average molecular weight is 290 g/mol. The SMILES string of the molecule is COc1ccc2c(c1)S[C@H](NC(=O)CC1=CCCC1)N2. The molecule has 0 saturated carbocycles. The van der Waals surface area contributed by atoms with Gasteiger partial charge in [-0.25, -0.2) is 0 Å². The zero-order valence-corrected chi connectivity index (χ0v) is 12.3. The Labute approximate surface area is 123 Å². The first-order valence-electron chi connectivity index (χ1n) is 6.83. The van der Waals surface area contributed by atoms with Crippen LogP contribution in [0.15, 0.2) is 34.7 Å². The van der Waals surface area contributed by atoms with Crippen molar-refractivity contribution in [1.82, 2.24) is 5.32 Å². The highest BCUT2D eigenvalue weighted by atomic mass is 32.2. The lowest BCUT2D eigenvalue weighted by Gasteiger charge is -2.13. The van der Waals surface area contributed by atoms with E-state index < -0.39 is 0 Å². The highest BCUT2D eigenvalue weighted by Gasteiger charge is 2.23. The van der Waals surface area contributed by atoms with Crippen molar-refractivity contribution in [3.05, 3.63) is 29.8 Å². The summed E-state index contributed by atoms with van der Waals surface area (Å²) in [6.07, 6.45) is 6.08. The molecule has 0 unspecified atom stereocenters. The summed E-state index contributed by atoms with van der Waals surface area (Å²) < 4.78 is 5.21. The molecule has 0 aromatic heterocycles. The fourth-order valence-electron chi connectivity index (χ4n) is 2.51. The number of benzene rings is 1. The van der Waals surface area contributed by atoms with Crippen LogP contribution in [0.5, 0.6) is 5.75 Å². The summed E-state index contributed by atoms with van der Waals surface area (Å²) in [5, 5.41) is 6.32. The third-order valence-electron chi connectivity index (χ3n) is 3.53. The molecule has 1 aliphatic heterocycles. The number of methoxy groups -OCH3 is 1. The summed E-state index contributed by atoms with van der Waals surface area (Å²) in [6.45, 7) is 0. The second-order valence-corrected chi connectivity index (χ2v) is 6.15. The number of carbonyl (C=O) groups excluding carboxylic acids is 1. The van der Waals surface area contributed by atoms with Gasteiger partial charge in [-0.3, -0.25) is 4.79 Å². The van der Waals surface area contributed by atoms with E-state index in [0.29, 0.717) is 6.42 Å². The number of hydrogen-bond donors (Lipinski definition) is 2. The summed E-state index contributed by atoms with van der Waals surface area (Å²) in [5.41, 5.74) is 2.22. The number of hydrogen-bond acceptors (Lipinski definition) is 4. The van der Waals surface area contributed by atoms with Crippen molar-refractivity contribution in [2.24, 2.45) is 0 Å². The van der Waals surface area contributed by atoms with Gasteiger partial charge in [-0.05, 0) is 37.5 Å². The van der Waals surface area contributed by atoms with Gasteiger partial charge >= 0.3 is 0 Å². The molecule has 2 N–H and O–H groups in total. The van der Waals surface area contributed by atoms with Gasteiger partial charge in [-0.15, -0.1) is 0 Å². The molecule has 4 nitrogen and oxygen atoms in total. The van der Waals surface area contributed by atoms with Crippen molar-refractivity contribution >= 4 is 23.4 Å². The van der Waals surface area contributed by atoms with Crippen LogP contribution in [-0.4, -0.2) is 18.5 Å². The van der Waals surface area contributed by atoms with Gasteiger partial charge in [0.15, 0.2) is 5.50 Å². The minimum absolute atomic E-state index is 0.0860. The van der Waals surface area contributed by atoms with Gasteiger partial charge < -0.3 is 15.4 Å². The van der Waals surface area contributed by atoms with Crippen LogP contribution in [0.1, 0.15) is 25.7 Å². The lowest BCUT2D eigenvalue weighted by atomic mass is 10.1. The van der Waals surface area contributed by atoms with E-state index in [-0.39, 0.29) is 11.4 Å². The van der Waals surface area contributed by atoms with Gasteiger partial charge in [-0.2, -0.15) is 0 Å². The number of ether oxygens (including phenoxy) is 1. The lowest BCUT2D eigenvalue weighted by molar-refractivity contribution is -0.120. The Kier molecular flexibility index (Phi) is 3.87. The number of allylic oxidation sites excluding steroid dienone is 1. The van der Waals surface area contributed by atoms with E-state index in [1.807, 2.05) is 18.2 Å². The van der Waals surface area contributed by atoms with Crippen molar-refractivity contribution in [3.63, 3.8) is 0 Å². The second-order valence-electron chi connectivity index (χ2n) is 5.00. The number of nitrogens with one attached hydrogen (secondary N) is 2. The maximum Gasteiger partial charge on any atom is 0.226 e. The first-order valence-corrected chi connectivity index (χ1v) is 7.71. The van der Waals surface area contributed by atoms with Gasteiger partial charge in [0.1, 0.15) is 5.75 Å². The minimum Gasteiger partial charge on any atom is -0.497 e. The number of rotatable bonds is 4. The molecule has 0 fully saturated rings. The number of thioether (sulfide) groups is 1. The molecule has 0 bridgehead atoms. The van der Waals surface area contributed by atoms with E-state index >= 15 is 0 Å². The summed E-state index contributed by atoms with van der Waals surface area (Å²) in [7, 11) is 1.66. The molecule has 0 radical (unpaired) electrons. The zero-order valence-electron chi connectivity index (χ0n) is 11.4. The third-order valence-corrected chi connectivity index (χ3v) is 4.60. The normalized spacial score (nSPS) is 20.1. The summed E-state index contributed by atoms with van der Waals surface area (Å²) in [4.78, 5) is 13.1. The molecule has 1 aromatic rings. The van der Waals surface area contributed by atoms with Crippen LogP contribution in [-0.2, 0) is 4.79 Å². The molecular formula is C15H18N2O2S. The summed E-state index contributed by atoms with van der Waals surface area (Å²) in [5.74, 6) is 0.920. The molecule has 2 aliphatic rings. The second kappa shape index (κ2) is 5.79. The monoisotopic (exact) mass is 290 g/mol. The van der Waals surface area contributed by atoms with Crippen LogP contribution in [0, 0.1) is 0 Å². The molecular weight excluding hydrogens is 272 g/mol. The Balaban J connectivity index is 1.56. The predicted molar refractivity (Wildman–Crippen MR) is 81.0 cm³/mol. The molecule has 1 aliphatic carbocycles. The van der Waals surface area contributed by atoms with Gasteiger partial charge in [0.05, 0.1) is 12.8 Å². The molecule has 1 amide bonds. The zero-order chi connectivity index (χ0) is 13.9. The van der Waals surface area contributed by atoms with Gasteiger partial charge in [0, 0.05) is 11.3 Å². The van der Waals surface area contributed by atoms with E-state index in [1.54, 1.807) is 18.9 Å². The minimum atomic E-state index is -0.0911. The Morgan fingerprint density at radius 1 is 1.55 bits per heavy atom. The van der Waals surface area contributed by atoms with Crippen LogP contribution in [0.25, 0.3) is 0 Å². The average Bonchev–Trinajstić information content (AvgIpc) is 3.06. The van der Waals surface area contributed by atoms with Gasteiger partial charge in [-0.1, -0.05) is 23.4 Å². The largest absolute Gasteiger partial charge is 0.497 e. The van der Waals surface area contributed by atoms with Crippen LogP contribution >= 0.6 is 11.8 Å². The van der Waals surface area contributed by atoms with E-state index in [4.69, 9.17) is 4.74 Å². The molecule has 1 atom stereocenters. The predicted octanol–water partition coefficient (Wildman–Crippen LogP) is 3.11. The van der Waals surface area contributed by atoms with Crippen molar-refractivity contribution in [2.75, 3.05) is 12.4 Å². The summed E-state index contributed by atoms with van der Waals surface area (Å²) in [6, 6.07) is 5.88. The number of amides is 1.